The molecule has 0 saturated heterocycles. The molecule has 0 aliphatic carbocycles. The summed E-state index contributed by atoms with van der Waals surface area (Å²) < 4.78 is 16.6. The molecule has 2 aromatic rings. The van der Waals surface area contributed by atoms with E-state index in [1.165, 1.54) is 6.07 Å². The Morgan fingerprint density at radius 1 is 1.48 bits per heavy atom. The van der Waals surface area contributed by atoms with Crippen molar-refractivity contribution in [3.63, 3.8) is 0 Å². The largest absolute Gasteiger partial charge is 0.310 e. The molecule has 1 aromatic carbocycles. The molecule has 0 aliphatic rings. The fraction of sp³-hybridized carbons (Fsp3) is 0.400. The average molecular weight is 375 g/mol. The maximum Gasteiger partial charge on any atom is 0.130 e. The lowest BCUT2D eigenvalue weighted by atomic mass is 9.98. The molecule has 21 heavy (non-hydrogen) atoms. The van der Waals surface area contributed by atoms with Crippen molar-refractivity contribution < 1.29 is 4.39 Å². The SMILES string of the molecule is CCNC(Cc1c(C)nn(C)c1Cl)c1c(F)cccc1Br. The standard InChI is InChI=1S/C15H18BrClFN3/c1-4-19-13(14-11(16)6-5-7-12(14)18)8-10-9(2)20-21(3)15(10)17/h5-7,13,19H,4,8H2,1-3H3. The van der Waals surface area contributed by atoms with Crippen molar-refractivity contribution in [1.29, 1.82) is 0 Å². The van der Waals surface area contributed by atoms with Crippen LogP contribution in [0.3, 0.4) is 0 Å². The van der Waals surface area contributed by atoms with E-state index in [-0.39, 0.29) is 11.9 Å². The number of benzene rings is 1. The highest BCUT2D eigenvalue weighted by Gasteiger charge is 2.22. The summed E-state index contributed by atoms with van der Waals surface area (Å²) in [6, 6.07) is 4.85. The molecular formula is C15H18BrClFN3. The number of nitrogens with zero attached hydrogens (tertiary/aromatic N) is 2. The Balaban J connectivity index is 2.40. The Bertz CT molecular complexity index is 622. The quantitative estimate of drug-likeness (QED) is 0.851. The lowest BCUT2D eigenvalue weighted by molar-refractivity contribution is 0.507. The van der Waals surface area contributed by atoms with Crippen molar-refractivity contribution >= 4 is 27.5 Å². The van der Waals surface area contributed by atoms with E-state index < -0.39 is 0 Å². The summed E-state index contributed by atoms with van der Waals surface area (Å²) in [6.07, 6.45) is 0.589. The Hall–Kier alpha value is -0.910. The number of halogens is 3. The number of hydrogen-bond acceptors (Lipinski definition) is 2. The van der Waals surface area contributed by atoms with Crippen molar-refractivity contribution in [2.24, 2.45) is 7.05 Å². The lowest BCUT2D eigenvalue weighted by Gasteiger charge is -2.20. The van der Waals surface area contributed by atoms with Crippen LogP contribution in [0.1, 0.15) is 29.8 Å². The minimum atomic E-state index is -0.229. The zero-order valence-electron chi connectivity index (χ0n) is 12.3. The second kappa shape index (κ2) is 6.90. The van der Waals surface area contributed by atoms with Crippen LogP contribution < -0.4 is 5.32 Å². The van der Waals surface area contributed by atoms with Gasteiger partial charge in [-0.3, -0.25) is 4.68 Å². The molecule has 0 radical (unpaired) electrons. The zero-order chi connectivity index (χ0) is 15.6. The molecule has 0 saturated carbocycles. The van der Waals surface area contributed by atoms with Gasteiger partial charge in [0.25, 0.3) is 0 Å². The molecule has 0 spiro atoms. The normalized spacial score (nSPS) is 12.7. The minimum absolute atomic E-state index is 0.161. The number of hydrogen-bond donors (Lipinski definition) is 1. The van der Waals surface area contributed by atoms with Crippen molar-refractivity contribution in [1.82, 2.24) is 15.1 Å². The van der Waals surface area contributed by atoms with Crippen LogP contribution in [0.4, 0.5) is 4.39 Å². The summed E-state index contributed by atoms with van der Waals surface area (Å²) in [5.41, 5.74) is 2.44. The van der Waals surface area contributed by atoms with Crippen LogP contribution in [0.15, 0.2) is 22.7 Å². The van der Waals surface area contributed by atoms with Gasteiger partial charge in [0.15, 0.2) is 0 Å². The van der Waals surface area contributed by atoms with Crippen LogP contribution in [0.5, 0.6) is 0 Å². The number of nitrogens with one attached hydrogen (secondary N) is 1. The highest BCUT2D eigenvalue weighted by atomic mass is 79.9. The molecule has 0 fully saturated rings. The molecule has 0 amide bonds. The van der Waals surface area contributed by atoms with Gasteiger partial charge in [0.05, 0.1) is 5.69 Å². The van der Waals surface area contributed by atoms with Gasteiger partial charge in [-0.05, 0) is 32.0 Å². The van der Waals surface area contributed by atoms with Crippen LogP contribution in [-0.4, -0.2) is 16.3 Å². The van der Waals surface area contributed by atoms with E-state index in [9.17, 15) is 4.39 Å². The van der Waals surface area contributed by atoms with E-state index in [0.29, 0.717) is 17.1 Å². The minimum Gasteiger partial charge on any atom is -0.310 e. The molecule has 2 rings (SSSR count). The van der Waals surface area contributed by atoms with Gasteiger partial charge in [-0.2, -0.15) is 5.10 Å². The summed E-state index contributed by atoms with van der Waals surface area (Å²) in [5.74, 6) is -0.229. The van der Waals surface area contributed by atoms with Crippen molar-refractivity contribution in [3.05, 3.63) is 50.5 Å². The predicted molar refractivity (Wildman–Crippen MR) is 87.2 cm³/mol. The first-order chi connectivity index (χ1) is 9.95. The van der Waals surface area contributed by atoms with E-state index in [0.717, 1.165) is 22.3 Å². The molecule has 1 N–H and O–H groups in total. The average Bonchev–Trinajstić information content (AvgIpc) is 2.65. The van der Waals surface area contributed by atoms with Crippen LogP contribution >= 0.6 is 27.5 Å². The van der Waals surface area contributed by atoms with E-state index in [1.54, 1.807) is 17.8 Å². The van der Waals surface area contributed by atoms with E-state index in [1.807, 2.05) is 19.9 Å². The topological polar surface area (TPSA) is 29.9 Å². The molecule has 3 nitrogen and oxygen atoms in total. The van der Waals surface area contributed by atoms with E-state index >= 15 is 0 Å². The first-order valence-corrected chi connectivity index (χ1v) is 7.98. The van der Waals surface area contributed by atoms with E-state index in [2.05, 4.69) is 26.3 Å². The summed E-state index contributed by atoms with van der Waals surface area (Å²) in [7, 11) is 1.81. The van der Waals surface area contributed by atoms with Crippen LogP contribution in [-0.2, 0) is 13.5 Å². The molecular weight excluding hydrogens is 357 g/mol. The second-order valence-corrected chi connectivity index (χ2v) is 6.14. The van der Waals surface area contributed by atoms with Crippen molar-refractivity contribution in [3.8, 4) is 0 Å². The van der Waals surface area contributed by atoms with Crippen LogP contribution in [0.25, 0.3) is 0 Å². The summed E-state index contributed by atoms with van der Waals surface area (Å²) in [4.78, 5) is 0. The van der Waals surface area contributed by atoms with Crippen LogP contribution in [0.2, 0.25) is 5.15 Å². The number of aryl methyl sites for hydroxylation is 2. The smallest absolute Gasteiger partial charge is 0.130 e. The molecule has 6 heteroatoms. The van der Waals surface area contributed by atoms with Crippen LogP contribution in [0, 0.1) is 12.7 Å². The first-order valence-electron chi connectivity index (χ1n) is 6.81. The molecule has 0 aliphatic heterocycles. The van der Waals surface area contributed by atoms with Gasteiger partial charge in [-0.25, -0.2) is 4.39 Å². The van der Waals surface area contributed by atoms with E-state index in [4.69, 9.17) is 11.6 Å². The Labute approximate surface area is 137 Å². The zero-order valence-corrected chi connectivity index (χ0v) is 14.6. The van der Waals surface area contributed by atoms with Gasteiger partial charge in [0.2, 0.25) is 0 Å². The maximum absolute atomic E-state index is 14.2. The summed E-state index contributed by atoms with van der Waals surface area (Å²) in [6.45, 7) is 4.66. The third kappa shape index (κ3) is 3.47. The van der Waals surface area contributed by atoms with Gasteiger partial charge in [0, 0.05) is 28.7 Å². The van der Waals surface area contributed by atoms with Crippen molar-refractivity contribution in [2.45, 2.75) is 26.3 Å². The molecule has 1 heterocycles. The second-order valence-electron chi connectivity index (χ2n) is 4.93. The predicted octanol–water partition coefficient (Wildman–Crippen LogP) is 4.18. The first kappa shape index (κ1) is 16.5. The highest BCUT2D eigenvalue weighted by Crippen LogP contribution is 2.31. The molecule has 1 aromatic heterocycles. The number of aromatic nitrogens is 2. The number of likely N-dealkylation sites (N-methyl/N-ethyl adjacent to an activating group) is 1. The lowest BCUT2D eigenvalue weighted by Crippen LogP contribution is -2.24. The summed E-state index contributed by atoms with van der Waals surface area (Å²) >= 11 is 9.73. The van der Waals surface area contributed by atoms with Gasteiger partial charge < -0.3 is 5.32 Å². The Kier molecular flexibility index (Phi) is 5.41. The molecule has 1 unspecified atom stereocenters. The van der Waals surface area contributed by atoms with Gasteiger partial charge in [-0.15, -0.1) is 0 Å². The highest BCUT2D eigenvalue weighted by molar-refractivity contribution is 9.10. The van der Waals surface area contributed by atoms with Crippen molar-refractivity contribution in [2.75, 3.05) is 6.54 Å². The Morgan fingerprint density at radius 3 is 2.71 bits per heavy atom. The molecule has 0 bridgehead atoms. The Morgan fingerprint density at radius 2 is 2.19 bits per heavy atom. The summed E-state index contributed by atoms with van der Waals surface area (Å²) in [5, 5.41) is 8.24. The third-order valence-corrected chi connectivity index (χ3v) is 4.64. The molecule has 114 valence electrons. The fourth-order valence-electron chi connectivity index (χ4n) is 2.48. The fourth-order valence-corrected chi connectivity index (χ4v) is 3.35. The molecule has 1 atom stereocenters. The van der Waals surface area contributed by atoms with Gasteiger partial charge in [0.1, 0.15) is 11.0 Å². The van der Waals surface area contributed by atoms with Gasteiger partial charge in [-0.1, -0.05) is 40.5 Å². The maximum atomic E-state index is 14.2. The number of rotatable bonds is 5. The monoisotopic (exact) mass is 373 g/mol. The third-order valence-electron chi connectivity index (χ3n) is 3.48. The van der Waals surface area contributed by atoms with Gasteiger partial charge >= 0.3 is 0 Å².